The zero-order valence-electron chi connectivity index (χ0n) is 16.2. The number of anilines is 2. The van der Waals surface area contributed by atoms with E-state index in [0.717, 1.165) is 5.69 Å². The summed E-state index contributed by atoms with van der Waals surface area (Å²) in [7, 11) is 2.94. The van der Waals surface area contributed by atoms with Gasteiger partial charge in [-0.1, -0.05) is 6.07 Å². The fourth-order valence-corrected chi connectivity index (χ4v) is 2.17. The van der Waals surface area contributed by atoms with E-state index in [4.69, 9.17) is 9.47 Å². The number of urea groups is 2. The lowest BCUT2D eigenvalue weighted by atomic mass is 10.2. The SMILES string of the molecule is COc1ccc(OC)c(NC(=O)NNC(=O)CNC(=O)Nc2cccc(C)n2)c1. The number of nitrogens with zero attached hydrogens (tertiary/aromatic N) is 1. The number of carbonyl (C=O) groups excluding carboxylic acids is 3. The quantitative estimate of drug-likeness (QED) is 0.462. The molecular formula is C18H22N6O5. The van der Waals surface area contributed by atoms with Crippen LogP contribution in [0, 0.1) is 6.92 Å². The average Bonchev–Trinajstić information content (AvgIpc) is 2.70. The van der Waals surface area contributed by atoms with Gasteiger partial charge in [-0.15, -0.1) is 0 Å². The van der Waals surface area contributed by atoms with Crippen LogP contribution in [0.3, 0.4) is 0 Å². The molecular weight excluding hydrogens is 380 g/mol. The Bertz CT molecular complexity index is 889. The maximum atomic E-state index is 12.0. The highest BCUT2D eigenvalue weighted by atomic mass is 16.5. The van der Waals surface area contributed by atoms with E-state index in [0.29, 0.717) is 23.0 Å². The van der Waals surface area contributed by atoms with Gasteiger partial charge in [-0.25, -0.2) is 20.0 Å². The standard InChI is InChI=1S/C18H22N6O5/c1-11-5-4-6-15(20-11)22-17(26)19-10-16(25)23-24-18(27)21-13-9-12(28-2)7-8-14(13)29-3/h4-9H,10H2,1-3H3,(H,23,25)(H2,21,24,27)(H2,19,20,22,26). The predicted molar refractivity (Wildman–Crippen MR) is 106 cm³/mol. The summed E-state index contributed by atoms with van der Waals surface area (Å²) in [4.78, 5) is 39.6. The molecule has 11 nitrogen and oxygen atoms in total. The molecule has 11 heteroatoms. The molecule has 2 aromatic rings. The monoisotopic (exact) mass is 402 g/mol. The molecule has 5 amide bonds. The van der Waals surface area contributed by atoms with Crippen molar-refractivity contribution in [2.45, 2.75) is 6.92 Å². The van der Waals surface area contributed by atoms with Crippen LogP contribution in [0.15, 0.2) is 36.4 Å². The molecule has 0 saturated heterocycles. The Morgan fingerprint density at radius 3 is 2.45 bits per heavy atom. The van der Waals surface area contributed by atoms with Crippen molar-refractivity contribution in [2.75, 3.05) is 31.4 Å². The second kappa shape index (κ2) is 10.3. The normalized spacial score (nSPS) is 9.76. The van der Waals surface area contributed by atoms with Gasteiger partial charge in [0, 0.05) is 11.8 Å². The number of hydrogen-bond donors (Lipinski definition) is 5. The van der Waals surface area contributed by atoms with Crippen LogP contribution < -0.4 is 36.3 Å². The summed E-state index contributed by atoms with van der Waals surface area (Å²) in [5, 5.41) is 7.36. The Morgan fingerprint density at radius 1 is 0.966 bits per heavy atom. The Morgan fingerprint density at radius 2 is 1.76 bits per heavy atom. The van der Waals surface area contributed by atoms with Crippen LogP contribution in [0.1, 0.15) is 5.69 Å². The number of carbonyl (C=O) groups is 3. The van der Waals surface area contributed by atoms with Crippen LogP contribution in [0.4, 0.5) is 21.1 Å². The molecule has 0 atom stereocenters. The first-order chi connectivity index (χ1) is 13.9. The first-order valence-electron chi connectivity index (χ1n) is 8.47. The van der Waals surface area contributed by atoms with Crippen molar-refractivity contribution in [1.29, 1.82) is 0 Å². The summed E-state index contributed by atoms with van der Waals surface area (Å²) >= 11 is 0. The Balaban J connectivity index is 1.76. The molecule has 29 heavy (non-hydrogen) atoms. The third-order valence-corrected chi connectivity index (χ3v) is 3.51. The van der Waals surface area contributed by atoms with Gasteiger partial charge < -0.3 is 20.1 Å². The van der Waals surface area contributed by atoms with E-state index in [-0.39, 0.29) is 6.54 Å². The number of amides is 5. The van der Waals surface area contributed by atoms with Crippen molar-refractivity contribution in [3.8, 4) is 11.5 Å². The largest absolute Gasteiger partial charge is 0.497 e. The number of hydrazine groups is 1. The fourth-order valence-electron chi connectivity index (χ4n) is 2.17. The smallest absolute Gasteiger partial charge is 0.338 e. The van der Waals surface area contributed by atoms with E-state index < -0.39 is 18.0 Å². The zero-order valence-corrected chi connectivity index (χ0v) is 16.2. The van der Waals surface area contributed by atoms with E-state index >= 15 is 0 Å². The van der Waals surface area contributed by atoms with Gasteiger partial charge in [0.15, 0.2) is 0 Å². The molecule has 1 aromatic carbocycles. The van der Waals surface area contributed by atoms with Crippen LogP contribution >= 0.6 is 0 Å². The minimum absolute atomic E-state index is 0.349. The van der Waals surface area contributed by atoms with Gasteiger partial charge in [0.1, 0.15) is 23.9 Å². The first kappa shape index (κ1) is 21.3. The summed E-state index contributed by atoms with van der Waals surface area (Å²) in [6, 6.07) is 8.68. The molecule has 0 fully saturated rings. The third-order valence-electron chi connectivity index (χ3n) is 3.51. The number of aryl methyl sites for hydroxylation is 1. The molecule has 0 aliphatic rings. The van der Waals surface area contributed by atoms with Crippen LogP contribution in [0.2, 0.25) is 0 Å². The first-order valence-corrected chi connectivity index (χ1v) is 8.47. The van der Waals surface area contributed by atoms with Gasteiger partial charge in [-0.3, -0.25) is 15.5 Å². The lowest BCUT2D eigenvalue weighted by Gasteiger charge is -2.13. The lowest BCUT2D eigenvalue weighted by Crippen LogP contribution is -2.48. The van der Waals surface area contributed by atoms with E-state index in [1.165, 1.54) is 14.2 Å². The third kappa shape index (κ3) is 6.90. The second-order valence-corrected chi connectivity index (χ2v) is 5.67. The van der Waals surface area contributed by atoms with Crippen molar-refractivity contribution >= 4 is 29.5 Å². The number of methoxy groups -OCH3 is 2. The van der Waals surface area contributed by atoms with E-state index in [2.05, 4.69) is 31.8 Å². The number of rotatable bonds is 6. The van der Waals surface area contributed by atoms with Crippen molar-refractivity contribution in [3.63, 3.8) is 0 Å². The summed E-state index contributed by atoms with van der Waals surface area (Å²) in [6.07, 6.45) is 0. The molecule has 0 aliphatic heterocycles. The highest BCUT2D eigenvalue weighted by molar-refractivity contribution is 5.94. The topological polar surface area (TPSA) is 143 Å². The van der Waals surface area contributed by atoms with Gasteiger partial charge in [0.25, 0.3) is 5.91 Å². The number of aromatic nitrogens is 1. The lowest BCUT2D eigenvalue weighted by molar-refractivity contribution is -0.120. The molecule has 1 aromatic heterocycles. The van der Waals surface area contributed by atoms with E-state index in [1.807, 2.05) is 0 Å². The van der Waals surface area contributed by atoms with E-state index in [9.17, 15) is 14.4 Å². The molecule has 5 N–H and O–H groups in total. The number of nitrogens with one attached hydrogen (secondary N) is 5. The number of ether oxygens (including phenoxy) is 2. The minimum atomic E-state index is -0.710. The molecule has 0 radical (unpaired) electrons. The van der Waals surface area contributed by atoms with Crippen molar-refractivity contribution in [2.24, 2.45) is 0 Å². The van der Waals surface area contributed by atoms with Crippen LogP contribution in [0.5, 0.6) is 11.5 Å². The number of benzene rings is 1. The molecule has 1 heterocycles. The van der Waals surface area contributed by atoms with E-state index in [1.54, 1.807) is 43.3 Å². The Labute approximate surface area is 167 Å². The van der Waals surface area contributed by atoms with Crippen molar-refractivity contribution < 1.29 is 23.9 Å². The second-order valence-electron chi connectivity index (χ2n) is 5.67. The van der Waals surface area contributed by atoms with Crippen LogP contribution in [-0.4, -0.2) is 43.7 Å². The fraction of sp³-hybridized carbons (Fsp3) is 0.222. The highest BCUT2D eigenvalue weighted by Crippen LogP contribution is 2.28. The maximum absolute atomic E-state index is 12.0. The zero-order chi connectivity index (χ0) is 21.2. The minimum Gasteiger partial charge on any atom is -0.497 e. The van der Waals surface area contributed by atoms with Crippen LogP contribution in [0.25, 0.3) is 0 Å². The molecule has 0 aliphatic carbocycles. The molecule has 154 valence electrons. The Kier molecular flexibility index (Phi) is 7.59. The average molecular weight is 402 g/mol. The molecule has 0 spiro atoms. The molecule has 2 rings (SSSR count). The number of pyridine rings is 1. The molecule has 0 saturated carbocycles. The van der Waals surface area contributed by atoms with Gasteiger partial charge in [0.05, 0.1) is 19.9 Å². The van der Waals surface area contributed by atoms with Gasteiger partial charge in [-0.05, 0) is 31.2 Å². The van der Waals surface area contributed by atoms with Crippen molar-refractivity contribution in [1.82, 2.24) is 21.2 Å². The molecule has 0 unspecified atom stereocenters. The predicted octanol–water partition coefficient (Wildman–Crippen LogP) is 1.38. The Hall–Kier alpha value is -4.02. The van der Waals surface area contributed by atoms with Gasteiger partial charge >= 0.3 is 12.1 Å². The van der Waals surface area contributed by atoms with Gasteiger partial charge in [0.2, 0.25) is 0 Å². The number of hydrogen-bond acceptors (Lipinski definition) is 6. The van der Waals surface area contributed by atoms with Gasteiger partial charge in [-0.2, -0.15) is 0 Å². The van der Waals surface area contributed by atoms with Crippen molar-refractivity contribution in [3.05, 3.63) is 42.1 Å². The molecule has 0 bridgehead atoms. The summed E-state index contributed by atoms with van der Waals surface area (Å²) < 4.78 is 10.2. The highest BCUT2D eigenvalue weighted by Gasteiger charge is 2.11. The summed E-state index contributed by atoms with van der Waals surface area (Å²) in [6.45, 7) is 1.43. The van der Waals surface area contributed by atoms with Crippen LogP contribution in [-0.2, 0) is 4.79 Å². The summed E-state index contributed by atoms with van der Waals surface area (Å²) in [5.41, 5.74) is 5.42. The summed E-state index contributed by atoms with van der Waals surface area (Å²) in [5.74, 6) is 0.650. The maximum Gasteiger partial charge on any atom is 0.338 e.